The van der Waals surface area contributed by atoms with Gasteiger partial charge in [0.25, 0.3) is 0 Å². The molecule has 0 spiro atoms. The summed E-state index contributed by atoms with van der Waals surface area (Å²) in [5.41, 5.74) is 13.9. The second kappa shape index (κ2) is 13.2. The van der Waals surface area contributed by atoms with Crippen LogP contribution in [-0.2, 0) is 0 Å². The van der Waals surface area contributed by atoms with Crippen LogP contribution in [0.15, 0.2) is 211 Å². The van der Waals surface area contributed by atoms with Crippen molar-refractivity contribution in [1.29, 1.82) is 0 Å². The maximum absolute atomic E-state index is 5.40. The van der Waals surface area contributed by atoms with E-state index in [1.54, 1.807) is 0 Å². The Morgan fingerprint density at radius 3 is 1.54 bits per heavy atom. The first-order chi connectivity index (χ1) is 27.8. The summed E-state index contributed by atoms with van der Waals surface area (Å²) in [6.45, 7) is 0. The number of hydrogen-bond donors (Lipinski definition) is 1. The summed E-state index contributed by atoms with van der Waals surface area (Å²) in [5.74, 6) is 0.853. The monoisotopic (exact) mass is 716 g/mol. The summed E-state index contributed by atoms with van der Waals surface area (Å²) in [6.07, 6.45) is 1.99. The minimum Gasteiger partial charge on any atom is -0.340 e. The fourth-order valence-corrected chi connectivity index (χ4v) is 8.51. The highest BCUT2D eigenvalue weighted by Gasteiger charge is 2.23. The summed E-state index contributed by atoms with van der Waals surface area (Å²) in [7, 11) is 0. The van der Waals surface area contributed by atoms with E-state index in [1.165, 1.54) is 54.8 Å². The number of nitrogens with one attached hydrogen (secondary N) is 1. The van der Waals surface area contributed by atoms with Crippen LogP contribution < -0.4 is 5.32 Å². The number of rotatable bonds is 6. The molecular formula is C52H36N4. The van der Waals surface area contributed by atoms with Crippen LogP contribution in [0.4, 0.5) is 0 Å². The third-order valence-electron chi connectivity index (χ3n) is 11.2. The van der Waals surface area contributed by atoms with E-state index in [0.717, 1.165) is 39.4 Å². The lowest BCUT2D eigenvalue weighted by atomic mass is 10.0. The van der Waals surface area contributed by atoms with Crippen molar-refractivity contribution in [2.45, 2.75) is 6.17 Å². The van der Waals surface area contributed by atoms with Gasteiger partial charge in [0.2, 0.25) is 0 Å². The first-order valence-electron chi connectivity index (χ1n) is 19.2. The molecule has 4 nitrogen and oxygen atoms in total. The highest BCUT2D eigenvalue weighted by atomic mass is 15.2. The van der Waals surface area contributed by atoms with E-state index in [1.807, 2.05) is 6.07 Å². The van der Waals surface area contributed by atoms with Crippen LogP contribution in [0.3, 0.4) is 0 Å². The van der Waals surface area contributed by atoms with Gasteiger partial charge in [-0.05, 0) is 82.4 Å². The molecular weight excluding hydrogens is 681 g/mol. The molecule has 0 saturated carbocycles. The molecule has 11 rings (SSSR count). The first-order valence-corrected chi connectivity index (χ1v) is 19.2. The Kier molecular flexibility index (Phi) is 7.52. The van der Waals surface area contributed by atoms with Gasteiger partial charge in [0.05, 0.1) is 22.1 Å². The van der Waals surface area contributed by atoms with E-state index < -0.39 is 0 Å². The van der Waals surface area contributed by atoms with Crippen molar-refractivity contribution >= 4 is 55.1 Å². The molecule has 0 fully saturated rings. The van der Waals surface area contributed by atoms with Gasteiger partial charge in [-0.1, -0.05) is 152 Å². The van der Waals surface area contributed by atoms with Gasteiger partial charge in [0.1, 0.15) is 12.0 Å². The molecule has 2 aromatic heterocycles. The lowest BCUT2D eigenvalue weighted by Crippen LogP contribution is -2.29. The average Bonchev–Trinajstić information content (AvgIpc) is 3.79. The Balaban J connectivity index is 1.05. The van der Waals surface area contributed by atoms with Crippen molar-refractivity contribution in [3.63, 3.8) is 0 Å². The standard InChI is InChI=1S/C52H36N4/c1-4-14-35(15-5-1)36-24-26-37(27-25-36)46-34-51(54-52(53-46)38-16-6-2-7-17-38)56-48-23-13-11-21-43(48)45-33-40(29-31-50(45)56)39-28-30-49-44(32-39)42-20-10-12-22-47(42)55(49)41-18-8-3-9-19-41/h1-34,51H,(H,53,54). The maximum Gasteiger partial charge on any atom is 0.149 e. The number of fused-ring (bicyclic) bond motifs is 6. The van der Waals surface area contributed by atoms with Crippen molar-refractivity contribution in [1.82, 2.24) is 14.5 Å². The molecule has 1 aliphatic rings. The number of aromatic nitrogens is 2. The SMILES string of the molecule is C1=C(c2ccc(-c3ccccc3)cc2)NC(c2ccccc2)=NC1n1c2ccccc2c2cc(-c3ccc4c(c3)c3ccccc3n4-c3ccccc3)ccc21. The Hall–Kier alpha value is -7.43. The predicted octanol–water partition coefficient (Wildman–Crippen LogP) is 12.8. The zero-order valence-electron chi connectivity index (χ0n) is 30.5. The molecule has 1 N–H and O–H groups in total. The van der Waals surface area contributed by atoms with Gasteiger partial charge in [0.15, 0.2) is 0 Å². The van der Waals surface area contributed by atoms with E-state index in [-0.39, 0.29) is 6.17 Å². The molecule has 4 heteroatoms. The van der Waals surface area contributed by atoms with Gasteiger partial charge in [-0.15, -0.1) is 0 Å². The zero-order valence-corrected chi connectivity index (χ0v) is 30.5. The second-order valence-corrected chi connectivity index (χ2v) is 14.4. The molecule has 0 bridgehead atoms. The van der Waals surface area contributed by atoms with Crippen molar-refractivity contribution < 1.29 is 0 Å². The molecule has 3 heterocycles. The normalized spacial score (nSPS) is 14.2. The molecule has 264 valence electrons. The first kappa shape index (κ1) is 32.0. The molecule has 1 atom stereocenters. The van der Waals surface area contributed by atoms with Gasteiger partial charge in [0, 0.05) is 38.5 Å². The summed E-state index contributed by atoms with van der Waals surface area (Å²) in [4.78, 5) is 5.40. The van der Waals surface area contributed by atoms with Gasteiger partial charge in [-0.25, -0.2) is 4.99 Å². The lowest BCUT2D eigenvalue weighted by Gasteiger charge is -2.25. The molecule has 8 aromatic carbocycles. The number of aliphatic imine (C=N–C) groups is 1. The van der Waals surface area contributed by atoms with Gasteiger partial charge in [-0.2, -0.15) is 0 Å². The Bertz CT molecular complexity index is 3130. The largest absolute Gasteiger partial charge is 0.340 e. The quantitative estimate of drug-likeness (QED) is 0.183. The summed E-state index contributed by atoms with van der Waals surface area (Å²) in [6, 6.07) is 71.7. The fourth-order valence-electron chi connectivity index (χ4n) is 8.51. The summed E-state index contributed by atoms with van der Waals surface area (Å²) in [5, 5.41) is 8.62. The molecule has 1 unspecified atom stereocenters. The minimum absolute atomic E-state index is 0.274. The third-order valence-corrected chi connectivity index (χ3v) is 11.2. The molecule has 56 heavy (non-hydrogen) atoms. The van der Waals surface area contributed by atoms with Crippen LogP contribution in [0.5, 0.6) is 0 Å². The number of para-hydroxylation sites is 3. The van der Waals surface area contributed by atoms with Crippen LogP contribution >= 0.6 is 0 Å². The number of amidine groups is 1. The topological polar surface area (TPSA) is 34.2 Å². The van der Waals surface area contributed by atoms with E-state index in [4.69, 9.17) is 4.99 Å². The van der Waals surface area contributed by atoms with Gasteiger partial charge >= 0.3 is 0 Å². The van der Waals surface area contributed by atoms with Crippen LogP contribution in [0.25, 0.3) is 77.2 Å². The summed E-state index contributed by atoms with van der Waals surface area (Å²) < 4.78 is 4.77. The van der Waals surface area contributed by atoms with Crippen molar-refractivity contribution in [2.24, 2.45) is 4.99 Å². The highest BCUT2D eigenvalue weighted by molar-refractivity contribution is 6.12. The van der Waals surface area contributed by atoms with E-state index >= 15 is 0 Å². The Morgan fingerprint density at radius 2 is 0.839 bits per heavy atom. The molecule has 0 aliphatic carbocycles. The molecule has 0 amide bonds. The Morgan fingerprint density at radius 1 is 0.375 bits per heavy atom. The molecule has 0 radical (unpaired) electrons. The van der Waals surface area contributed by atoms with Crippen molar-refractivity contribution in [3.8, 4) is 27.9 Å². The molecule has 0 saturated heterocycles. The Labute approximate surface area is 324 Å². The van der Waals surface area contributed by atoms with Crippen LogP contribution in [0, 0.1) is 0 Å². The molecule has 10 aromatic rings. The number of hydrogen-bond acceptors (Lipinski definition) is 2. The van der Waals surface area contributed by atoms with Crippen molar-refractivity contribution in [2.75, 3.05) is 0 Å². The zero-order chi connectivity index (χ0) is 37.0. The van der Waals surface area contributed by atoms with E-state index in [9.17, 15) is 0 Å². The predicted molar refractivity (Wildman–Crippen MR) is 234 cm³/mol. The fraction of sp³-hybridized carbons (Fsp3) is 0.0192. The van der Waals surface area contributed by atoms with Crippen LogP contribution in [0.2, 0.25) is 0 Å². The lowest BCUT2D eigenvalue weighted by molar-refractivity contribution is 0.668. The highest BCUT2D eigenvalue weighted by Crippen LogP contribution is 2.39. The maximum atomic E-state index is 5.40. The molecule has 1 aliphatic heterocycles. The number of benzene rings is 8. The average molecular weight is 717 g/mol. The minimum atomic E-state index is -0.274. The van der Waals surface area contributed by atoms with E-state index in [0.29, 0.717) is 0 Å². The van der Waals surface area contributed by atoms with Crippen LogP contribution in [0.1, 0.15) is 17.3 Å². The van der Waals surface area contributed by atoms with Crippen LogP contribution in [-0.4, -0.2) is 15.0 Å². The van der Waals surface area contributed by atoms with E-state index in [2.05, 4.69) is 215 Å². The van der Waals surface area contributed by atoms with Crippen molar-refractivity contribution in [3.05, 3.63) is 217 Å². The third kappa shape index (κ3) is 5.34. The van der Waals surface area contributed by atoms with Gasteiger partial charge in [-0.3, -0.25) is 0 Å². The summed E-state index contributed by atoms with van der Waals surface area (Å²) >= 11 is 0. The van der Waals surface area contributed by atoms with Gasteiger partial charge < -0.3 is 14.5 Å². The second-order valence-electron chi connectivity index (χ2n) is 14.4. The smallest absolute Gasteiger partial charge is 0.149 e. The number of nitrogens with zero attached hydrogens (tertiary/aromatic N) is 3.